The summed E-state index contributed by atoms with van der Waals surface area (Å²) in [6.45, 7) is 0.423. The number of nitrogens with one attached hydrogen (secondary N) is 1. The minimum atomic E-state index is -0.306. The zero-order chi connectivity index (χ0) is 24.9. The molecule has 0 aromatic heterocycles. The highest BCUT2D eigenvalue weighted by molar-refractivity contribution is 5.94. The molecule has 2 aromatic rings. The van der Waals surface area contributed by atoms with Gasteiger partial charge in [0.05, 0.1) is 25.8 Å². The van der Waals surface area contributed by atoms with Crippen molar-refractivity contribution in [2.24, 2.45) is 17.8 Å². The van der Waals surface area contributed by atoms with E-state index in [0.717, 1.165) is 34.6 Å². The van der Waals surface area contributed by atoms with Crippen LogP contribution >= 0.6 is 0 Å². The van der Waals surface area contributed by atoms with Gasteiger partial charge in [-0.15, -0.1) is 6.42 Å². The van der Waals surface area contributed by atoms with E-state index in [1.54, 1.807) is 14.2 Å². The Morgan fingerprint density at radius 2 is 1.72 bits per heavy atom. The van der Waals surface area contributed by atoms with Crippen LogP contribution in [-0.2, 0) is 16.0 Å². The molecule has 5 heteroatoms. The lowest BCUT2D eigenvalue weighted by molar-refractivity contribution is -0.131. The molecule has 5 nitrogen and oxygen atoms in total. The van der Waals surface area contributed by atoms with Gasteiger partial charge in [-0.25, -0.2) is 0 Å². The van der Waals surface area contributed by atoms with Crippen LogP contribution in [0.1, 0.15) is 61.3 Å². The molecular formula is C31H36N2O3. The van der Waals surface area contributed by atoms with Crippen LogP contribution in [0.4, 0.5) is 5.69 Å². The van der Waals surface area contributed by atoms with Crippen LogP contribution < -0.4 is 10.1 Å². The summed E-state index contributed by atoms with van der Waals surface area (Å²) in [7, 11) is 3.35. The number of methoxy groups -OCH3 is 2. The summed E-state index contributed by atoms with van der Waals surface area (Å²) in [5, 5.41) is 3.98. The predicted molar refractivity (Wildman–Crippen MR) is 141 cm³/mol. The number of hydrogen-bond acceptors (Lipinski definition) is 4. The maximum absolute atomic E-state index is 13.0. The second-order valence-corrected chi connectivity index (χ2v) is 11.6. The van der Waals surface area contributed by atoms with E-state index in [2.05, 4.69) is 47.6 Å². The predicted octanol–water partition coefficient (Wildman–Crippen LogP) is 5.20. The molecule has 0 saturated heterocycles. The molecule has 1 heterocycles. The molecule has 4 saturated carbocycles. The molecule has 2 atom stereocenters. The first kappa shape index (κ1) is 23.4. The molecule has 2 aromatic carbocycles. The number of ether oxygens (including phenoxy) is 2. The largest absolute Gasteiger partial charge is 0.497 e. The van der Waals surface area contributed by atoms with Crippen molar-refractivity contribution in [3.05, 3.63) is 59.2 Å². The molecule has 188 valence electrons. The first-order valence-corrected chi connectivity index (χ1v) is 13.3. The zero-order valence-corrected chi connectivity index (χ0v) is 21.3. The van der Waals surface area contributed by atoms with Crippen LogP contribution in [-0.4, -0.2) is 43.2 Å². The summed E-state index contributed by atoms with van der Waals surface area (Å²) < 4.78 is 11.0. The summed E-state index contributed by atoms with van der Waals surface area (Å²) in [5.74, 6) is 5.58. The van der Waals surface area contributed by atoms with E-state index in [4.69, 9.17) is 15.9 Å². The first-order chi connectivity index (χ1) is 17.5. The van der Waals surface area contributed by atoms with E-state index in [1.165, 1.54) is 49.8 Å². The number of carbonyl (C=O) groups excluding carboxylic acids is 1. The molecule has 1 amide bonds. The maximum Gasteiger partial charge on any atom is 0.299 e. The normalized spacial score (nSPS) is 32.0. The van der Waals surface area contributed by atoms with Crippen molar-refractivity contribution in [1.29, 1.82) is 0 Å². The number of amides is 1. The standard InChI is InChI=1S/C31H36N2O3/c1-4-29(34)33-26(19-35-2)14-24-15-27(36-3)9-10-28(24)30(33)23-5-7-25(8-6-23)32-31-16-20-11-21(17-31)13-22(12-20)18-31/h1,5-10,15,20-22,26,30,32H,11-14,16-19H2,2-3H3/t20?,21?,22?,26-,30+,31?/m1/s1. The third-order valence-corrected chi connectivity index (χ3v) is 9.16. The smallest absolute Gasteiger partial charge is 0.299 e. The maximum atomic E-state index is 13.0. The third kappa shape index (κ3) is 4.06. The highest BCUT2D eigenvalue weighted by Gasteiger charge is 2.51. The van der Waals surface area contributed by atoms with Gasteiger partial charge >= 0.3 is 0 Å². The van der Waals surface area contributed by atoms with Gasteiger partial charge in [-0.1, -0.05) is 18.2 Å². The number of anilines is 1. The Morgan fingerprint density at radius 1 is 1.06 bits per heavy atom. The molecule has 36 heavy (non-hydrogen) atoms. The number of hydrogen-bond donors (Lipinski definition) is 1. The van der Waals surface area contributed by atoms with Crippen molar-refractivity contribution in [3.8, 4) is 18.1 Å². The number of fused-ring (bicyclic) bond motifs is 1. The van der Waals surface area contributed by atoms with Gasteiger partial charge in [-0.05, 0) is 110 Å². The molecule has 1 aliphatic heterocycles. The lowest BCUT2D eigenvalue weighted by atomic mass is 9.53. The number of nitrogens with zero attached hydrogens (tertiary/aromatic N) is 1. The molecule has 4 bridgehead atoms. The fraction of sp³-hybridized carbons (Fsp3) is 0.516. The summed E-state index contributed by atoms with van der Waals surface area (Å²) >= 11 is 0. The molecule has 4 aliphatic carbocycles. The average molecular weight is 485 g/mol. The topological polar surface area (TPSA) is 50.8 Å². The molecule has 1 N–H and O–H groups in total. The van der Waals surface area contributed by atoms with Crippen LogP contribution in [0.25, 0.3) is 0 Å². The fourth-order valence-corrected chi connectivity index (χ4v) is 8.21. The van der Waals surface area contributed by atoms with Crippen LogP contribution in [0.5, 0.6) is 5.75 Å². The minimum Gasteiger partial charge on any atom is -0.497 e. The Labute approximate surface area is 214 Å². The van der Waals surface area contributed by atoms with Gasteiger partial charge in [-0.2, -0.15) is 0 Å². The van der Waals surface area contributed by atoms with Crippen molar-refractivity contribution >= 4 is 11.6 Å². The highest BCUT2D eigenvalue weighted by Crippen LogP contribution is 2.56. The fourth-order valence-electron chi connectivity index (χ4n) is 8.21. The van der Waals surface area contributed by atoms with Crippen molar-refractivity contribution < 1.29 is 14.3 Å². The Kier molecular flexibility index (Phi) is 5.96. The van der Waals surface area contributed by atoms with Crippen molar-refractivity contribution in [2.75, 3.05) is 26.1 Å². The second-order valence-electron chi connectivity index (χ2n) is 11.6. The lowest BCUT2D eigenvalue weighted by Gasteiger charge is -2.57. The molecular weight excluding hydrogens is 448 g/mol. The van der Waals surface area contributed by atoms with Gasteiger partial charge in [0.15, 0.2) is 0 Å². The Balaban J connectivity index is 1.32. The molecule has 7 rings (SSSR count). The number of benzene rings is 2. The lowest BCUT2D eigenvalue weighted by Crippen LogP contribution is -2.54. The molecule has 5 aliphatic rings. The van der Waals surface area contributed by atoms with E-state index in [1.807, 2.05) is 11.0 Å². The van der Waals surface area contributed by atoms with Crippen molar-refractivity contribution in [1.82, 2.24) is 4.90 Å². The van der Waals surface area contributed by atoms with Gasteiger partial charge in [0.25, 0.3) is 5.91 Å². The quantitative estimate of drug-likeness (QED) is 0.573. The van der Waals surface area contributed by atoms with Crippen LogP contribution in [0.3, 0.4) is 0 Å². The van der Waals surface area contributed by atoms with Crippen molar-refractivity contribution in [2.45, 2.75) is 62.6 Å². The summed E-state index contributed by atoms with van der Waals surface area (Å²) in [6, 6.07) is 14.4. The van der Waals surface area contributed by atoms with Crippen LogP contribution in [0.15, 0.2) is 42.5 Å². The number of terminal acetylenes is 1. The zero-order valence-electron chi connectivity index (χ0n) is 21.3. The van der Waals surface area contributed by atoms with E-state index in [0.29, 0.717) is 13.0 Å². The van der Waals surface area contributed by atoms with E-state index in [-0.39, 0.29) is 23.5 Å². The molecule has 0 unspecified atom stereocenters. The number of rotatable bonds is 6. The number of carbonyl (C=O) groups is 1. The first-order valence-electron chi connectivity index (χ1n) is 13.3. The SMILES string of the molecule is C#CC(=O)N1[C@@H](COC)Cc2cc(OC)ccc2[C@@H]1c1ccc(NC23CC4CC(CC(C4)C2)C3)cc1. The van der Waals surface area contributed by atoms with E-state index >= 15 is 0 Å². The van der Waals surface area contributed by atoms with E-state index < -0.39 is 0 Å². The average Bonchev–Trinajstić information content (AvgIpc) is 2.87. The van der Waals surface area contributed by atoms with Crippen molar-refractivity contribution in [3.63, 3.8) is 0 Å². The Bertz CT molecular complexity index is 1150. The third-order valence-electron chi connectivity index (χ3n) is 9.16. The minimum absolute atomic E-state index is 0.145. The second kappa shape index (κ2) is 9.16. The van der Waals surface area contributed by atoms with Gasteiger partial charge in [0, 0.05) is 18.3 Å². The Hall–Kier alpha value is -2.97. The monoisotopic (exact) mass is 484 g/mol. The van der Waals surface area contributed by atoms with Crippen LogP contribution in [0.2, 0.25) is 0 Å². The van der Waals surface area contributed by atoms with Gasteiger partial charge in [0.2, 0.25) is 0 Å². The molecule has 0 spiro atoms. The van der Waals surface area contributed by atoms with Gasteiger partial charge in [0.1, 0.15) is 5.75 Å². The van der Waals surface area contributed by atoms with Gasteiger partial charge in [-0.3, -0.25) is 4.79 Å². The molecule has 4 fully saturated rings. The van der Waals surface area contributed by atoms with E-state index in [9.17, 15) is 4.79 Å². The summed E-state index contributed by atoms with van der Waals surface area (Å²) in [6.07, 6.45) is 14.6. The highest BCUT2D eigenvalue weighted by atomic mass is 16.5. The van der Waals surface area contributed by atoms with Crippen LogP contribution in [0, 0.1) is 30.1 Å². The summed E-state index contributed by atoms with van der Waals surface area (Å²) in [4.78, 5) is 14.9. The van der Waals surface area contributed by atoms with Gasteiger partial charge < -0.3 is 19.7 Å². The Morgan fingerprint density at radius 3 is 2.31 bits per heavy atom. The summed E-state index contributed by atoms with van der Waals surface area (Å²) in [5.41, 5.74) is 4.75. The molecule has 0 radical (unpaired) electrons.